The van der Waals surface area contributed by atoms with Crippen molar-refractivity contribution in [3.8, 4) is 0 Å². The van der Waals surface area contributed by atoms with Crippen molar-refractivity contribution < 1.29 is 23.9 Å². The van der Waals surface area contributed by atoms with E-state index in [1.165, 1.54) is 38.5 Å². The maximum absolute atomic E-state index is 13.1. The number of amides is 1. The van der Waals surface area contributed by atoms with Crippen LogP contribution in [-0.2, 0) is 23.9 Å². The number of unbranched alkanes of at least 4 members (excludes halogenated alkanes) is 8. The van der Waals surface area contributed by atoms with Crippen LogP contribution in [0.2, 0.25) is 0 Å². The van der Waals surface area contributed by atoms with Crippen molar-refractivity contribution in [2.45, 2.75) is 175 Å². The fourth-order valence-corrected chi connectivity index (χ4v) is 6.44. The second kappa shape index (κ2) is 31.1. The normalized spacial score (nSPS) is 15.3. The lowest BCUT2D eigenvalue weighted by Gasteiger charge is -2.35. The second-order valence-corrected chi connectivity index (χ2v) is 14.3. The molecule has 1 saturated heterocycles. The highest BCUT2D eigenvalue weighted by atomic mass is 16.5. The van der Waals surface area contributed by atoms with Crippen LogP contribution >= 0.6 is 0 Å². The van der Waals surface area contributed by atoms with Gasteiger partial charge in [-0.15, -0.1) is 0 Å². The van der Waals surface area contributed by atoms with Crippen LogP contribution < -0.4 is 5.32 Å². The predicted octanol–water partition coefficient (Wildman–Crippen LogP) is 7.75. The van der Waals surface area contributed by atoms with Gasteiger partial charge in [-0.25, -0.2) is 0 Å². The van der Waals surface area contributed by atoms with Gasteiger partial charge in [0.2, 0.25) is 5.91 Å². The first-order valence-electron chi connectivity index (χ1n) is 20.7. The van der Waals surface area contributed by atoms with Crippen molar-refractivity contribution >= 4 is 17.8 Å². The molecule has 49 heavy (non-hydrogen) atoms. The van der Waals surface area contributed by atoms with Crippen LogP contribution in [0.25, 0.3) is 0 Å². The van der Waals surface area contributed by atoms with Gasteiger partial charge in [-0.05, 0) is 44.9 Å². The number of carbonyl (C=O) groups excluding carboxylic acids is 3. The van der Waals surface area contributed by atoms with Crippen LogP contribution in [-0.4, -0.2) is 110 Å². The van der Waals surface area contributed by atoms with Crippen molar-refractivity contribution in [3.05, 3.63) is 0 Å². The molecule has 1 fully saturated rings. The summed E-state index contributed by atoms with van der Waals surface area (Å²) in [7, 11) is 0. The molecule has 1 rings (SSSR count). The fourth-order valence-electron chi connectivity index (χ4n) is 6.44. The average Bonchev–Trinajstić information content (AvgIpc) is 3.11. The lowest BCUT2D eigenvalue weighted by molar-refractivity contribution is -0.150. The Labute approximate surface area is 302 Å². The van der Waals surface area contributed by atoms with Crippen LogP contribution in [0.1, 0.15) is 163 Å². The summed E-state index contributed by atoms with van der Waals surface area (Å²) in [6.45, 7) is 19.1. The summed E-state index contributed by atoms with van der Waals surface area (Å²) in [6, 6.07) is 0. The van der Waals surface area contributed by atoms with Crippen LogP contribution in [0.5, 0.6) is 0 Å². The molecular weight excluding hydrogens is 616 g/mol. The minimum Gasteiger partial charge on any atom is -0.462 e. The number of carbonyl (C=O) groups is 3. The van der Waals surface area contributed by atoms with Crippen molar-refractivity contribution in [3.63, 3.8) is 0 Å². The van der Waals surface area contributed by atoms with Gasteiger partial charge in [-0.2, -0.15) is 0 Å². The van der Waals surface area contributed by atoms with Crippen molar-refractivity contribution in [1.29, 1.82) is 0 Å². The molecule has 1 heterocycles. The summed E-state index contributed by atoms with van der Waals surface area (Å²) in [6.07, 6.45) is 19.9. The molecule has 0 aromatic rings. The largest absolute Gasteiger partial charge is 0.462 e. The molecule has 9 heteroatoms. The van der Waals surface area contributed by atoms with Crippen LogP contribution in [0, 0.1) is 0 Å². The third kappa shape index (κ3) is 25.0. The zero-order valence-corrected chi connectivity index (χ0v) is 32.8. The first kappa shape index (κ1) is 45.3. The summed E-state index contributed by atoms with van der Waals surface area (Å²) < 4.78 is 12.0. The Hall–Kier alpha value is -1.71. The Balaban J connectivity index is 2.70. The van der Waals surface area contributed by atoms with Crippen LogP contribution in [0.3, 0.4) is 0 Å². The molecule has 2 unspecified atom stereocenters. The minimum absolute atomic E-state index is 0.0131. The quantitative estimate of drug-likeness (QED) is 0.0565. The van der Waals surface area contributed by atoms with Crippen LogP contribution in [0.4, 0.5) is 0 Å². The topological polar surface area (TPSA) is 91.4 Å². The summed E-state index contributed by atoms with van der Waals surface area (Å²) in [4.78, 5) is 45.3. The number of piperazine rings is 1. The number of esters is 2. The van der Waals surface area contributed by atoms with E-state index in [1.807, 2.05) is 0 Å². The molecule has 1 amide bonds. The number of hydrogen-bond donors (Lipinski definition) is 1. The highest BCUT2D eigenvalue weighted by molar-refractivity contribution is 5.76. The molecule has 1 N–H and O–H groups in total. The number of hydrogen-bond acceptors (Lipinski definition) is 8. The standard InChI is InChI=1S/C40H78N4O5/c1-6-11-15-17-21-36(19-13-8-3)48-39(46)24-28-42(29-25-40(47)49-37(20-14-9-4)22-18-16-12-7-2)30-33-44-34-31-43(32-35-44)27-23-38(45)41-26-10-5/h36-37H,6-35H2,1-5H3,(H,41,45). The highest BCUT2D eigenvalue weighted by Gasteiger charge is 2.21. The Bertz CT molecular complexity index is 778. The monoisotopic (exact) mass is 695 g/mol. The van der Waals surface area contributed by atoms with E-state index in [0.29, 0.717) is 32.4 Å². The molecule has 2 atom stereocenters. The Morgan fingerprint density at radius 2 is 1.00 bits per heavy atom. The van der Waals surface area contributed by atoms with Gasteiger partial charge in [0.25, 0.3) is 0 Å². The van der Waals surface area contributed by atoms with E-state index < -0.39 is 0 Å². The lowest BCUT2D eigenvalue weighted by Crippen LogP contribution is -2.49. The SMILES string of the molecule is CCCCCCC(CCCC)OC(=O)CCN(CCC(=O)OC(CCCC)CCCCCC)CCN1CCN(CCC(=O)NCCC)CC1. The average molecular weight is 695 g/mol. The molecule has 0 aliphatic carbocycles. The summed E-state index contributed by atoms with van der Waals surface area (Å²) in [5.41, 5.74) is 0. The van der Waals surface area contributed by atoms with Gasteiger partial charge in [-0.3, -0.25) is 19.3 Å². The van der Waals surface area contributed by atoms with E-state index in [0.717, 1.165) is 123 Å². The van der Waals surface area contributed by atoms with Crippen molar-refractivity contribution in [2.75, 3.05) is 65.4 Å². The van der Waals surface area contributed by atoms with Crippen molar-refractivity contribution in [1.82, 2.24) is 20.0 Å². The van der Waals surface area contributed by atoms with Gasteiger partial charge in [0.1, 0.15) is 12.2 Å². The summed E-state index contributed by atoms with van der Waals surface area (Å²) >= 11 is 0. The molecule has 0 spiro atoms. The third-order valence-corrected chi connectivity index (χ3v) is 9.80. The Morgan fingerprint density at radius 3 is 1.45 bits per heavy atom. The van der Waals surface area contributed by atoms with E-state index in [1.54, 1.807) is 0 Å². The molecule has 288 valence electrons. The molecule has 0 bridgehead atoms. The van der Waals surface area contributed by atoms with E-state index in [2.05, 4.69) is 54.6 Å². The first-order chi connectivity index (χ1) is 23.8. The summed E-state index contributed by atoms with van der Waals surface area (Å²) in [5, 5.41) is 2.97. The van der Waals surface area contributed by atoms with Gasteiger partial charge in [0, 0.05) is 71.9 Å². The molecule has 0 radical (unpaired) electrons. The third-order valence-electron chi connectivity index (χ3n) is 9.80. The van der Waals surface area contributed by atoms with E-state index in [9.17, 15) is 14.4 Å². The van der Waals surface area contributed by atoms with Gasteiger partial charge >= 0.3 is 11.9 Å². The molecule has 1 aliphatic rings. The lowest BCUT2D eigenvalue weighted by atomic mass is 10.0. The molecule has 0 saturated carbocycles. The number of ether oxygens (including phenoxy) is 2. The smallest absolute Gasteiger partial charge is 0.307 e. The molecule has 0 aromatic heterocycles. The first-order valence-corrected chi connectivity index (χ1v) is 20.7. The van der Waals surface area contributed by atoms with E-state index in [-0.39, 0.29) is 30.1 Å². The number of nitrogens with one attached hydrogen (secondary N) is 1. The van der Waals surface area contributed by atoms with E-state index >= 15 is 0 Å². The summed E-state index contributed by atoms with van der Waals surface area (Å²) in [5.74, 6) is -0.0988. The maximum Gasteiger partial charge on any atom is 0.307 e. The zero-order valence-electron chi connectivity index (χ0n) is 32.8. The molecule has 0 aromatic carbocycles. The van der Waals surface area contributed by atoms with E-state index in [4.69, 9.17) is 9.47 Å². The maximum atomic E-state index is 13.1. The second-order valence-electron chi connectivity index (χ2n) is 14.3. The van der Waals surface area contributed by atoms with Crippen LogP contribution in [0.15, 0.2) is 0 Å². The van der Waals surface area contributed by atoms with Crippen molar-refractivity contribution in [2.24, 2.45) is 0 Å². The highest BCUT2D eigenvalue weighted by Crippen LogP contribution is 2.17. The Kier molecular flexibility index (Phi) is 28.7. The zero-order chi connectivity index (χ0) is 36.0. The number of nitrogens with zero attached hydrogens (tertiary/aromatic N) is 3. The van der Waals surface area contributed by atoms with Gasteiger partial charge < -0.3 is 24.6 Å². The van der Waals surface area contributed by atoms with Gasteiger partial charge in [0.15, 0.2) is 0 Å². The number of rotatable bonds is 32. The Morgan fingerprint density at radius 1 is 0.551 bits per heavy atom. The molecule has 1 aliphatic heterocycles. The predicted molar refractivity (Wildman–Crippen MR) is 203 cm³/mol. The van der Waals surface area contributed by atoms with Gasteiger partial charge in [-0.1, -0.05) is 98.8 Å². The molecule has 9 nitrogen and oxygen atoms in total. The minimum atomic E-state index is -0.118. The fraction of sp³-hybridized carbons (Fsp3) is 0.925. The van der Waals surface area contributed by atoms with Gasteiger partial charge in [0.05, 0.1) is 12.8 Å². The molecular formula is C40H78N4O5.